The third kappa shape index (κ3) is 3.25. The van der Waals surface area contributed by atoms with Crippen LogP contribution in [0.25, 0.3) is 0 Å². The Bertz CT molecular complexity index is 621. The number of aromatic nitrogens is 2. The third-order valence-corrected chi connectivity index (χ3v) is 3.33. The van der Waals surface area contributed by atoms with Gasteiger partial charge in [0.05, 0.1) is 6.20 Å². The molecule has 2 N–H and O–H groups in total. The lowest BCUT2D eigenvalue weighted by molar-refractivity contribution is 0.216. The van der Waals surface area contributed by atoms with E-state index in [1.165, 1.54) is 18.3 Å². The van der Waals surface area contributed by atoms with Crippen molar-refractivity contribution in [3.63, 3.8) is 0 Å². The summed E-state index contributed by atoms with van der Waals surface area (Å²) >= 11 is 3.21. The molecule has 0 spiro atoms. The topological polar surface area (TPSA) is 61.0 Å². The number of rotatable bonds is 4. The van der Waals surface area contributed by atoms with E-state index in [0.717, 1.165) is 17.5 Å². The number of halogens is 2. The highest BCUT2D eigenvalue weighted by Crippen LogP contribution is 2.27. The minimum absolute atomic E-state index is 0.203. The number of benzene rings is 1. The second-order valence-corrected chi connectivity index (χ2v) is 5.15. The average Bonchev–Trinajstić information content (AvgIpc) is 2.42. The van der Waals surface area contributed by atoms with Gasteiger partial charge in [-0.15, -0.1) is 0 Å². The van der Waals surface area contributed by atoms with E-state index in [2.05, 4.69) is 25.9 Å². The van der Waals surface area contributed by atoms with Gasteiger partial charge in [-0.25, -0.2) is 14.4 Å². The average molecular weight is 340 g/mol. The maximum absolute atomic E-state index is 13.4. The normalized spacial score (nSPS) is 12.2. The smallest absolute Gasteiger partial charge is 0.258 e. The van der Waals surface area contributed by atoms with E-state index in [1.807, 2.05) is 13.8 Å². The van der Waals surface area contributed by atoms with Crippen molar-refractivity contribution in [2.24, 2.45) is 0 Å². The lowest BCUT2D eigenvalue weighted by atomic mass is 10.0. The highest BCUT2D eigenvalue weighted by atomic mass is 79.9. The molecular formula is C14H15BrFN3O. The molecule has 6 heteroatoms. The molecule has 0 aliphatic heterocycles. The van der Waals surface area contributed by atoms with Crippen LogP contribution in [0.5, 0.6) is 5.88 Å². The number of ether oxygens (including phenoxy) is 1. The summed E-state index contributed by atoms with van der Waals surface area (Å²) in [5, 5.41) is 0. The van der Waals surface area contributed by atoms with Crippen LogP contribution in [0.2, 0.25) is 0 Å². The molecule has 0 fully saturated rings. The lowest BCUT2D eigenvalue weighted by Crippen LogP contribution is -2.10. The van der Waals surface area contributed by atoms with E-state index in [-0.39, 0.29) is 23.6 Å². The molecule has 106 valence electrons. The van der Waals surface area contributed by atoms with Crippen LogP contribution < -0.4 is 10.5 Å². The molecule has 1 atom stereocenters. The summed E-state index contributed by atoms with van der Waals surface area (Å²) in [7, 11) is 0. The number of nitrogens with two attached hydrogens (primary N) is 1. The fraction of sp³-hybridized carbons (Fsp3) is 0.286. The van der Waals surface area contributed by atoms with Crippen LogP contribution >= 0.6 is 15.9 Å². The highest BCUT2D eigenvalue weighted by molar-refractivity contribution is 9.10. The van der Waals surface area contributed by atoms with E-state index < -0.39 is 0 Å². The van der Waals surface area contributed by atoms with E-state index >= 15 is 0 Å². The first-order valence-corrected chi connectivity index (χ1v) is 7.03. The predicted octanol–water partition coefficient (Wildman–Crippen LogP) is 3.66. The van der Waals surface area contributed by atoms with Crippen molar-refractivity contribution in [3.05, 3.63) is 45.9 Å². The molecule has 20 heavy (non-hydrogen) atoms. The fourth-order valence-corrected chi connectivity index (χ4v) is 2.21. The van der Waals surface area contributed by atoms with E-state index in [0.29, 0.717) is 4.60 Å². The van der Waals surface area contributed by atoms with Crippen molar-refractivity contribution in [1.82, 2.24) is 9.97 Å². The summed E-state index contributed by atoms with van der Waals surface area (Å²) in [6.07, 6.45) is 1.92. The number of nitrogen functional groups attached to an aromatic ring is 1. The monoisotopic (exact) mass is 339 g/mol. The van der Waals surface area contributed by atoms with Crippen molar-refractivity contribution in [3.8, 4) is 5.88 Å². The molecule has 4 nitrogen and oxygen atoms in total. The predicted molar refractivity (Wildman–Crippen MR) is 79.0 cm³/mol. The molecule has 0 amide bonds. The molecule has 1 heterocycles. The van der Waals surface area contributed by atoms with Gasteiger partial charge >= 0.3 is 0 Å². The van der Waals surface area contributed by atoms with E-state index in [1.54, 1.807) is 6.07 Å². The Balaban J connectivity index is 2.30. The van der Waals surface area contributed by atoms with Crippen LogP contribution in [0, 0.1) is 5.82 Å². The zero-order valence-corrected chi connectivity index (χ0v) is 12.8. The van der Waals surface area contributed by atoms with Crippen LogP contribution in [0.15, 0.2) is 29.0 Å². The molecular weight excluding hydrogens is 325 g/mol. The van der Waals surface area contributed by atoms with E-state index in [9.17, 15) is 4.39 Å². The van der Waals surface area contributed by atoms with Crippen molar-refractivity contribution in [1.29, 1.82) is 0 Å². The summed E-state index contributed by atoms with van der Waals surface area (Å²) in [6, 6.07) is 4.69. The molecule has 0 aliphatic carbocycles. The first kappa shape index (κ1) is 14.7. The van der Waals surface area contributed by atoms with Gasteiger partial charge in [-0.05, 0) is 52.5 Å². The van der Waals surface area contributed by atoms with Crippen molar-refractivity contribution in [2.45, 2.75) is 26.4 Å². The van der Waals surface area contributed by atoms with Gasteiger partial charge in [0.25, 0.3) is 5.88 Å². The van der Waals surface area contributed by atoms with Gasteiger partial charge in [0, 0.05) is 0 Å². The minimum atomic E-state index is -0.369. The Kier molecular flexibility index (Phi) is 4.54. The molecule has 2 rings (SSSR count). The first-order valence-electron chi connectivity index (χ1n) is 6.24. The van der Waals surface area contributed by atoms with Gasteiger partial charge in [-0.3, -0.25) is 0 Å². The zero-order valence-electron chi connectivity index (χ0n) is 11.2. The fourth-order valence-electron chi connectivity index (χ4n) is 1.95. The standard InChI is InChI=1S/C14H15BrFN3O/c1-3-9-4-5-10(16)6-11(9)8(2)20-14-13(17)18-7-12(15)19-14/h4-8H,3H2,1-2H3,(H2,17,18). The summed E-state index contributed by atoms with van der Waals surface area (Å²) in [4.78, 5) is 8.08. The largest absolute Gasteiger partial charge is 0.467 e. The van der Waals surface area contributed by atoms with Crippen LogP contribution in [0.4, 0.5) is 10.2 Å². The molecule has 1 unspecified atom stereocenters. The lowest BCUT2D eigenvalue weighted by Gasteiger charge is -2.18. The van der Waals surface area contributed by atoms with Crippen LogP contribution in [-0.4, -0.2) is 9.97 Å². The Morgan fingerprint density at radius 2 is 2.20 bits per heavy atom. The first-order chi connectivity index (χ1) is 9.51. The molecule has 2 aromatic rings. The Labute approximate surface area is 125 Å². The van der Waals surface area contributed by atoms with Gasteiger partial charge in [-0.1, -0.05) is 13.0 Å². The van der Waals surface area contributed by atoms with Gasteiger partial charge in [0.2, 0.25) is 0 Å². The molecule has 0 saturated heterocycles. The van der Waals surface area contributed by atoms with Crippen molar-refractivity contribution in [2.75, 3.05) is 5.73 Å². The molecule has 0 saturated carbocycles. The molecule has 0 aliphatic rings. The Morgan fingerprint density at radius 1 is 1.45 bits per heavy atom. The van der Waals surface area contributed by atoms with Crippen LogP contribution in [0.3, 0.4) is 0 Å². The van der Waals surface area contributed by atoms with Gasteiger partial charge in [0.15, 0.2) is 5.82 Å². The number of hydrogen-bond donors (Lipinski definition) is 1. The molecule has 1 aromatic heterocycles. The second-order valence-electron chi connectivity index (χ2n) is 4.34. The molecule has 0 radical (unpaired) electrons. The molecule has 0 bridgehead atoms. The maximum atomic E-state index is 13.4. The Morgan fingerprint density at radius 3 is 2.90 bits per heavy atom. The van der Waals surface area contributed by atoms with Gasteiger partial charge in [-0.2, -0.15) is 0 Å². The highest BCUT2D eigenvalue weighted by Gasteiger charge is 2.15. The summed E-state index contributed by atoms with van der Waals surface area (Å²) in [6.45, 7) is 3.84. The minimum Gasteiger partial charge on any atom is -0.467 e. The second kappa shape index (κ2) is 6.17. The number of nitrogens with zero attached hydrogens (tertiary/aromatic N) is 2. The number of hydrogen-bond acceptors (Lipinski definition) is 4. The summed E-state index contributed by atoms with van der Waals surface area (Å²) < 4.78 is 19.7. The number of aryl methyl sites for hydroxylation is 1. The zero-order chi connectivity index (χ0) is 14.7. The van der Waals surface area contributed by atoms with Crippen LogP contribution in [0.1, 0.15) is 31.1 Å². The summed E-state index contributed by atoms with van der Waals surface area (Å²) in [5.74, 6) is 0.147. The SMILES string of the molecule is CCc1ccc(F)cc1C(C)Oc1nc(Br)cnc1N. The number of anilines is 1. The maximum Gasteiger partial charge on any atom is 0.258 e. The molecule has 1 aromatic carbocycles. The Hall–Kier alpha value is -1.69. The quantitative estimate of drug-likeness (QED) is 0.923. The van der Waals surface area contributed by atoms with E-state index in [4.69, 9.17) is 10.5 Å². The van der Waals surface area contributed by atoms with Gasteiger partial charge < -0.3 is 10.5 Å². The summed E-state index contributed by atoms with van der Waals surface area (Å²) in [5.41, 5.74) is 7.54. The van der Waals surface area contributed by atoms with Crippen molar-refractivity contribution < 1.29 is 9.13 Å². The van der Waals surface area contributed by atoms with Gasteiger partial charge in [0.1, 0.15) is 16.5 Å². The van der Waals surface area contributed by atoms with Crippen LogP contribution in [-0.2, 0) is 6.42 Å². The third-order valence-electron chi connectivity index (χ3n) is 2.95. The van der Waals surface area contributed by atoms with Crippen molar-refractivity contribution >= 4 is 21.7 Å².